The second-order valence-corrected chi connectivity index (χ2v) is 11.9. The van der Waals surface area contributed by atoms with Crippen LogP contribution in [-0.2, 0) is 30.4 Å². The maximum atomic E-state index is 14.0. The first-order valence-corrected chi connectivity index (χ1v) is 14.8. The van der Waals surface area contributed by atoms with Crippen LogP contribution >= 0.6 is 23.1 Å². The van der Waals surface area contributed by atoms with E-state index in [1.165, 1.54) is 16.7 Å². The van der Waals surface area contributed by atoms with Crippen molar-refractivity contribution in [3.63, 3.8) is 0 Å². The van der Waals surface area contributed by atoms with Gasteiger partial charge in [0.15, 0.2) is 0 Å². The molecule has 0 N–H and O–H groups in total. The van der Waals surface area contributed by atoms with E-state index >= 15 is 0 Å². The number of thioether (sulfide) groups is 1. The van der Waals surface area contributed by atoms with Gasteiger partial charge >= 0.3 is 16.8 Å². The minimum absolute atomic E-state index is 0.176. The molecule has 1 saturated heterocycles. The van der Waals surface area contributed by atoms with Gasteiger partial charge < -0.3 is 14.4 Å². The Morgan fingerprint density at radius 1 is 0.902 bits per heavy atom. The number of aromatic nitrogens is 1. The van der Waals surface area contributed by atoms with E-state index in [0.29, 0.717) is 21.2 Å². The maximum Gasteiger partial charge on any atom is 0.338 e. The normalized spacial score (nSPS) is 19.5. The number of amides is 2. The quantitative estimate of drug-likeness (QED) is 0.285. The second kappa shape index (κ2) is 11.5. The Morgan fingerprint density at radius 3 is 2.17 bits per heavy atom. The van der Waals surface area contributed by atoms with Crippen LogP contribution in [0.5, 0.6) is 0 Å². The molecular formula is C29H29N3O7S2. The SMILES string of the molecule is CCOC(=O)Cn1c2c(sc1=O)[C@@H](c1ccc(N(C)C)cc1)[C@@H]1C(=O)N(c3ccc(C(=O)OCC)cc3)C(=O)[C@@H]1S2. The van der Waals surface area contributed by atoms with Crippen LogP contribution in [0.15, 0.2) is 58.4 Å². The summed E-state index contributed by atoms with van der Waals surface area (Å²) in [5.41, 5.74) is 2.40. The molecular weight excluding hydrogens is 566 g/mol. The van der Waals surface area contributed by atoms with Crippen LogP contribution in [0.3, 0.4) is 0 Å². The third kappa shape index (κ3) is 5.17. The molecule has 3 heterocycles. The van der Waals surface area contributed by atoms with Crippen molar-refractivity contribution in [2.24, 2.45) is 5.92 Å². The Labute approximate surface area is 244 Å². The fourth-order valence-corrected chi connectivity index (χ4v) is 7.92. The Hall–Kier alpha value is -3.90. The van der Waals surface area contributed by atoms with Crippen molar-refractivity contribution in [1.82, 2.24) is 4.57 Å². The molecule has 0 unspecified atom stereocenters. The highest BCUT2D eigenvalue weighted by Crippen LogP contribution is 2.54. The van der Waals surface area contributed by atoms with Crippen molar-refractivity contribution in [1.29, 1.82) is 0 Å². The molecule has 0 bridgehead atoms. The highest BCUT2D eigenvalue weighted by atomic mass is 32.2. The number of hydrogen-bond donors (Lipinski definition) is 0. The number of carbonyl (C=O) groups is 4. The van der Waals surface area contributed by atoms with Crippen LogP contribution in [0, 0.1) is 5.92 Å². The summed E-state index contributed by atoms with van der Waals surface area (Å²) in [5.74, 6) is -3.20. The summed E-state index contributed by atoms with van der Waals surface area (Å²) in [5, 5.41) is -0.322. The number of thiazole rings is 1. The summed E-state index contributed by atoms with van der Waals surface area (Å²) in [6.07, 6.45) is 0. The van der Waals surface area contributed by atoms with Crippen molar-refractivity contribution in [2.75, 3.05) is 37.1 Å². The van der Waals surface area contributed by atoms with Gasteiger partial charge in [0.25, 0.3) is 0 Å². The molecule has 1 aromatic heterocycles. The van der Waals surface area contributed by atoms with Crippen LogP contribution < -0.4 is 14.7 Å². The number of nitrogens with zero attached hydrogens (tertiary/aromatic N) is 3. The lowest BCUT2D eigenvalue weighted by Gasteiger charge is -2.31. The number of rotatable bonds is 8. The van der Waals surface area contributed by atoms with Crippen LogP contribution in [-0.4, -0.2) is 60.9 Å². The number of carbonyl (C=O) groups excluding carboxylic acids is 4. The van der Waals surface area contributed by atoms with Crippen LogP contribution in [0.1, 0.15) is 40.6 Å². The summed E-state index contributed by atoms with van der Waals surface area (Å²) >= 11 is 2.12. The highest BCUT2D eigenvalue weighted by molar-refractivity contribution is 8.00. The number of fused-ring (bicyclic) bond motifs is 2. The van der Waals surface area contributed by atoms with Crippen molar-refractivity contribution < 1.29 is 28.7 Å². The number of benzene rings is 2. The van der Waals surface area contributed by atoms with Crippen molar-refractivity contribution in [3.05, 3.63) is 74.2 Å². The van der Waals surface area contributed by atoms with E-state index in [0.717, 1.165) is 39.2 Å². The van der Waals surface area contributed by atoms with Gasteiger partial charge in [-0.25, -0.2) is 9.69 Å². The molecule has 2 aliphatic heterocycles. The number of ether oxygens (including phenoxy) is 2. The lowest BCUT2D eigenvalue weighted by molar-refractivity contribution is -0.144. The molecule has 0 radical (unpaired) electrons. The molecule has 5 rings (SSSR count). The predicted octanol–water partition coefficient (Wildman–Crippen LogP) is 3.51. The first-order valence-electron chi connectivity index (χ1n) is 13.1. The lowest BCUT2D eigenvalue weighted by atomic mass is 9.83. The summed E-state index contributed by atoms with van der Waals surface area (Å²) < 4.78 is 11.5. The molecule has 2 aliphatic rings. The van der Waals surface area contributed by atoms with Crippen LogP contribution in [0.25, 0.3) is 0 Å². The molecule has 3 atom stereocenters. The summed E-state index contributed by atoms with van der Waals surface area (Å²) in [6, 6.07) is 13.8. The Balaban J connectivity index is 1.58. The zero-order chi connectivity index (χ0) is 29.4. The average Bonchev–Trinajstić information content (AvgIpc) is 3.39. The monoisotopic (exact) mass is 595 g/mol. The predicted molar refractivity (Wildman–Crippen MR) is 156 cm³/mol. The molecule has 0 saturated carbocycles. The molecule has 10 nitrogen and oxygen atoms in total. The third-order valence-electron chi connectivity index (χ3n) is 7.05. The highest BCUT2D eigenvalue weighted by Gasteiger charge is 2.56. The van der Waals surface area contributed by atoms with Crippen LogP contribution in [0.4, 0.5) is 11.4 Å². The van der Waals surface area contributed by atoms with Gasteiger partial charge in [-0.05, 0) is 55.8 Å². The van der Waals surface area contributed by atoms with E-state index in [1.807, 2.05) is 43.3 Å². The first-order chi connectivity index (χ1) is 19.7. The minimum Gasteiger partial charge on any atom is -0.465 e. The molecule has 41 heavy (non-hydrogen) atoms. The summed E-state index contributed by atoms with van der Waals surface area (Å²) in [6.45, 7) is 3.52. The molecule has 3 aromatic rings. The van der Waals surface area contributed by atoms with Gasteiger partial charge in [-0.3, -0.25) is 23.7 Å². The van der Waals surface area contributed by atoms with Crippen LogP contribution in [0.2, 0.25) is 0 Å². The molecule has 2 aromatic carbocycles. The van der Waals surface area contributed by atoms with Gasteiger partial charge in [-0.15, -0.1) is 0 Å². The summed E-state index contributed by atoms with van der Waals surface area (Å²) in [4.78, 5) is 68.9. The Kier molecular flexibility index (Phi) is 8.05. The van der Waals surface area contributed by atoms with Gasteiger partial charge in [0.1, 0.15) is 11.8 Å². The number of imide groups is 1. The van der Waals surface area contributed by atoms with E-state index in [-0.39, 0.29) is 30.5 Å². The zero-order valence-electron chi connectivity index (χ0n) is 23.0. The third-order valence-corrected chi connectivity index (χ3v) is 9.65. The van der Waals surface area contributed by atoms with E-state index in [2.05, 4.69) is 0 Å². The number of esters is 2. The van der Waals surface area contributed by atoms with Crippen molar-refractivity contribution in [2.45, 2.75) is 36.6 Å². The summed E-state index contributed by atoms with van der Waals surface area (Å²) in [7, 11) is 3.85. The van der Waals surface area contributed by atoms with Gasteiger partial charge in [0.05, 0.1) is 35.4 Å². The minimum atomic E-state index is -0.819. The van der Waals surface area contributed by atoms with Crippen molar-refractivity contribution >= 4 is 58.2 Å². The molecule has 2 amide bonds. The zero-order valence-corrected chi connectivity index (χ0v) is 24.6. The Morgan fingerprint density at radius 2 is 1.56 bits per heavy atom. The average molecular weight is 596 g/mol. The number of anilines is 2. The van der Waals surface area contributed by atoms with E-state index in [4.69, 9.17) is 9.47 Å². The topological polar surface area (TPSA) is 115 Å². The molecule has 214 valence electrons. The first kappa shape index (κ1) is 28.6. The van der Waals surface area contributed by atoms with Gasteiger partial charge in [0, 0.05) is 30.6 Å². The second-order valence-electron chi connectivity index (χ2n) is 9.74. The number of hydrogen-bond acceptors (Lipinski definition) is 10. The van der Waals surface area contributed by atoms with Gasteiger partial charge in [0.2, 0.25) is 11.8 Å². The fraction of sp³-hybridized carbons (Fsp3) is 0.345. The van der Waals surface area contributed by atoms with Gasteiger partial charge in [-0.2, -0.15) is 0 Å². The Bertz CT molecular complexity index is 1560. The maximum absolute atomic E-state index is 14.0. The molecule has 0 aliphatic carbocycles. The molecule has 12 heteroatoms. The fourth-order valence-electron chi connectivity index (χ4n) is 5.15. The molecule has 0 spiro atoms. The van der Waals surface area contributed by atoms with Crippen molar-refractivity contribution in [3.8, 4) is 0 Å². The van der Waals surface area contributed by atoms with E-state index < -0.39 is 34.9 Å². The standard InChI is InChI=1S/C29H29N3O7S2/c1-5-38-20(33)15-31-27-24(41-29(31)37)21(16-7-11-18(12-8-16)30(3)4)22-23(40-27)26(35)32(25(22)34)19-13-9-17(10-14-19)28(36)39-6-2/h7-14,21-23H,5-6,15H2,1-4H3/t21-,22-,23+/m0/s1. The largest absolute Gasteiger partial charge is 0.465 e. The molecule has 1 fully saturated rings. The lowest BCUT2D eigenvalue weighted by Crippen LogP contribution is -2.32. The van der Waals surface area contributed by atoms with E-state index in [1.54, 1.807) is 26.0 Å². The van der Waals surface area contributed by atoms with Gasteiger partial charge in [-0.1, -0.05) is 35.2 Å². The van der Waals surface area contributed by atoms with E-state index in [9.17, 15) is 24.0 Å². The smallest absolute Gasteiger partial charge is 0.338 e.